The number of nitrogens with zero attached hydrogens (tertiary/aromatic N) is 4. The SMILES string of the molecule is CCCCCCCSc1nnc(-c2ccc(OC(=O)c3cccc(C(=O)Oc4ccc(-c5nnc(SCCCCCCC)o5)cc4)c3)cc2)o1. The summed E-state index contributed by atoms with van der Waals surface area (Å²) in [5, 5.41) is 17.6. The van der Waals surface area contributed by atoms with Crippen molar-refractivity contribution in [2.45, 2.75) is 88.5 Å². The zero-order chi connectivity index (χ0) is 35.0. The summed E-state index contributed by atoms with van der Waals surface area (Å²) in [5.74, 6) is 2.13. The summed E-state index contributed by atoms with van der Waals surface area (Å²) < 4.78 is 22.7. The number of aromatic nitrogens is 4. The molecule has 0 atom stereocenters. The van der Waals surface area contributed by atoms with E-state index in [1.807, 2.05) is 0 Å². The number of thioether (sulfide) groups is 2. The van der Waals surface area contributed by atoms with Gasteiger partial charge in [0.15, 0.2) is 0 Å². The number of carbonyl (C=O) groups excluding carboxylic acids is 2. The van der Waals surface area contributed by atoms with Crippen molar-refractivity contribution in [1.82, 2.24) is 20.4 Å². The predicted octanol–water partition coefficient (Wildman–Crippen LogP) is 10.3. The fourth-order valence-corrected chi connectivity index (χ4v) is 6.45. The van der Waals surface area contributed by atoms with Crippen LogP contribution in [0.15, 0.2) is 92.1 Å². The molecule has 10 nitrogen and oxygen atoms in total. The van der Waals surface area contributed by atoms with E-state index in [9.17, 15) is 9.59 Å². The fourth-order valence-electron chi connectivity index (χ4n) is 4.94. The third-order valence-electron chi connectivity index (χ3n) is 7.72. The third kappa shape index (κ3) is 11.3. The van der Waals surface area contributed by atoms with Crippen molar-refractivity contribution in [2.75, 3.05) is 11.5 Å². The van der Waals surface area contributed by atoms with Crippen molar-refractivity contribution in [3.05, 3.63) is 83.9 Å². The van der Waals surface area contributed by atoms with Gasteiger partial charge in [0.25, 0.3) is 10.4 Å². The van der Waals surface area contributed by atoms with E-state index in [1.165, 1.54) is 57.4 Å². The van der Waals surface area contributed by atoms with Crippen LogP contribution < -0.4 is 9.47 Å². The number of unbranched alkanes of at least 4 members (excludes halogenated alkanes) is 8. The molecular weight excluding hydrogens is 673 g/mol. The molecule has 0 saturated heterocycles. The molecule has 0 fully saturated rings. The Morgan fingerprint density at radius 1 is 0.560 bits per heavy atom. The van der Waals surface area contributed by atoms with Gasteiger partial charge in [0.1, 0.15) is 11.5 Å². The lowest BCUT2D eigenvalue weighted by atomic mass is 10.1. The van der Waals surface area contributed by atoms with E-state index in [0.29, 0.717) is 44.9 Å². The van der Waals surface area contributed by atoms with Crippen molar-refractivity contribution in [1.29, 1.82) is 0 Å². The Bertz CT molecular complexity index is 1660. The first-order chi connectivity index (χ1) is 24.5. The van der Waals surface area contributed by atoms with Gasteiger partial charge in [-0.2, -0.15) is 0 Å². The maximum atomic E-state index is 12.9. The maximum absolute atomic E-state index is 12.9. The number of rotatable bonds is 20. The second kappa shape index (κ2) is 19.7. The lowest BCUT2D eigenvalue weighted by Gasteiger charge is -2.07. The van der Waals surface area contributed by atoms with Gasteiger partial charge in [-0.05, 0) is 79.6 Å². The summed E-state index contributed by atoms with van der Waals surface area (Å²) in [4.78, 5) is 25.9. The van der Waals surface area contributed by atoms with Gasteiger partial charge in [-0.15, -0.1) is 20.4 Å². The molecule has 3 aromatic carbocycles. The van der Waals surface area contributed by atoms with Gasteiger partial charge in [-0.25, -0.2) is 9.59 Å². The highest BCUT2D eigenvalue weighted by Gasteiger charge is 2.16. The number of ether oxygens (including phenoxy) is 2. The number of hydrogen-bond acceptors (Lipinski definition) is 12. The van der Waals surface area contributed by atoms with Crippen LogP contribution in [0.2, 0.25) is 0 Å². The van der Waals surface area contributed by atoms with Crippen molar-refractivity contribution in [3.8, 4) is 34.4 Å². The molecule has 0 aliphatic heterocycles. The van der Waals surface area contributed by atoms with E-state index < -0.39 is 11.9 Å². The quantitative estimate of drug-likeness (QED) is 0.0329. The summed E-state index contributed by atoms with van der Waals surface area (Å²) in [6.45, 7) is 4.41. The Labute approximate surface area is 301 Å². The van der Waals surface area contributed by atoms with E-state index >= 15 is 0 Å². The molecule has 2 heterocycles. The first-order valence-electron chi connectivity index (χ1n) is 17.2. The molecular formula is C38H42N4O6S2. The third-order valence-corrected chi connectivity index (χ3v) is 9.53. The predicted molar refractivity (Wildman–Crippen MR) is 195 cm³/mol. The second-order valence-electron chi connectivity index (χ2n) is 11.7. The molecule has 12 heteroatoms. The highest BCUT2D eigenvalue weighted by atomic mass is 32.2. The molecule has 262 valence electrons. The van der Waals surface area contributed by atoms with Crippen molar-refractivity contribution < 1.29 is 27.9 Å². The summed E-state index contributed by atoms with van der Waals surface area (Å²) >= 11 is 3.12. The topological polar surface area (TPSA) is 130 Å². The maximum Gasteiger partial charge on any atom is 0.343 e. The van der Waals surface area contributed by atoms with E-state index in [2.05, 4.69) is 34.2 Å². The van der Waals surface area contributed by atoms with Crippen molar-refractivity contribution >= 4 is 35.5 Å². The summed E-state index contributed by atoms with van der Waals surface area (Å²) in [5.41, 5.74) is 1.85. The van der Waals surface area contributed by atoms with Crippen LogP contribution in [0.4, 0.5) is 0 Å². The average Bonchev–Trinajstić information content (AvgIpc) is 3.82. The average molecular weight is 715 g/mol. The van der Waals surface area contributed by atoms with Crippen LogP contribution >= 0.6 is 23.5 Å². The molecule has 0 spiro atoms. The smallest absolute Gasteiger partial charge is 0.343 e. The summed E-state index contributed by atoms with van der Waals surface area (Å²) in [6.07, 6.45) is 12.1. The molecule has 0 amide bonds. The molecule has 5 aromatic rings. The van der Waals surface area contributed by atoms with Gasteiger partial charge in [0.05, 0.1) is 11.1 Å². The molecule has 0 bridgehead atoms. The molecule has 5 rings (SSSR count). The van der Waals surface area contributed by atoms with E-state index in [4.69, 9.17) is 18.3 Å². The van der Waals surface area contributed by atoms with Crippen molar-refractivity contribution in [3.63, 3.8) is 0 Å². The number of esters is 2. The fraction of sp³-hybridized carbons (Fsp3) is 0.368. The molecule has 0 radical (unpaired) electrons. The van der Waals surface area contributed by atoms with Crippen LogP contribution in [-0.4, -0.2) is 43.8 Å². The van der Waals surface area contributed by atoms with Crippen molar-refractivity contribution in [2.24, 2.45) is 0 Å². The van der Waals surface area contributed by atoms with Gasteiger partial charge >= 0.3 is 11.9 Å². The van der Waals surface area contributed by atoms with Crippen LogP contribution in [0.5, 0.6) is 11.5 Å². The number of carbonyl (C=O) groups is 2. The Morgan fingerprint density at radius 3 is 1.40 bits per heavy atom. The zero-order valence-corrected chi connectivity index (χ0v) is 30.1. The van der Waals surface area contributed by atoms with E-state index in [0.717, 1.165) is 24.3 Å². The minimum absolute atomic E-state index is 0.207. The Kier molecular flexibility index (Phi) is 14.5. The highest BCUT2D eigenvalue weighted by Crippen LogP contribution is 2.28. The highest BCUT2D eigenvalue weighted by molar-refractivity contribution is 7.99. The van der Waals surface area contributed by atoms with Crippen LogP contribution in [0.25, 0.3) is 22.9 Å². The molecule has 0 N–H and O–H groups in total. The standard InChI is InChI=1S/C38H42N4O6S2/c1-3-5-7-9-11-24-49-37-41-39-33(47-37)27-16-20-31(21-17-27)45-35(43)29-14-13-15-30(26-29)36(44)46-32-22-18-28(19-23-32)34-40-42-38(48-34)50-25-12-10-8-6-4-2/h13-23,26H,3-12,24-25H2,1-2H3. The lowest BCUT2D eigenvalue weighted by Crippen LogP contribution is -2.12. The monoisotopic (exact) mass is 714 g/mol. The van der Waals surface area contributed by atoms with Gasteiger partial charge in [-0.1, -0.05) is 94.8 Å². The first kappa shape index (κ1) is 36.9. The molecule has 50 heavy (non-hydrogen) atoms. The molecule has 0 saturated carbocycles. The second-order valence-corrected chi connectivity index (χ2v) is 13.8. The van der Waals surface area contributed by atoms with Crippen LogP contribution in [0, 0.1) is 0 Å². The van der Waals surface area contributed by atoms with Crippen LogP contribution in [-0.2, 0) is 0 Å². The Balaban J connectivity index is 1.09. The molecule has 0 unspecified atom stereocenters. The summed E-state index contributed by atoms with van der Waals surface area (Å²) in [6, 6.07) is 19.8. The van der Waals surface area contributed by atoms with Gasteiger partial charge < -0.3 is 18.3 Å². The normalized spacial score (nSPS) is 11.1. The lowest BCUT2D eigenvalue weighted by molar-refractivity contribution is 0.0734. The molecule has 2 aromatic heterocycles. The van der Waals surface area contributed by atoms with Crippen LogP contribution in [0.3, 0.4) is 0 Å². The number of hydrogen-bond donors (Lipinski definition) is 0. The molecule has 0 aliphatic carbocycles. The Morgan fingerprint density at radius 2 is 0.980 bits per heavy atom. The minimum Gasteiger partial charge on any atom is -0.423 e. The summed E-state index contributed by atoms with van der Waals surface area (Å²) in [7, 11) is 0. The zero-order valence-electron chi connectivity index (χ0n) is 28.5. The minimum atomic E-state index is -0.610. The number of benzene rings is 3. The van der Waals surface area contributed by atoms with E-state index in [-0.39, 0.29) is 11.1 Å². The molecule has 0 aliphatic rings. The van der Waals surface area contributed by atoms with Crippen LogP contribution in [0.1, 0.15) is 98.8 Å². The van der Waals surface area contributed by atoms with Gasteiger partial charge in [0, 0.05) is 22.6 Å². The van der Waals surface area contributed by atoms with E-state index in [1.54, 1.807) is 90.3 Å². The largest absolute Gasteiger partial charge is 0.423 e. The van der Waals surface area contributed by atoms with Gasteiger partial charge in [-0.3, -0.25) is 0 Å². The Hall–Kier alpha value is -4.42. The first-order valence-corrected chi connectivity index (χ1v) is 19.2. The van der Waals surface area contributed by atoms with Gasteiger partial charge in [0.2, 0.25) is 11.8 Å².